The Morgan fingerprint density at radius 1 is 1.47 bits per heavy atom. The summed E-state index contributed by atoms with van der Waals surface area (Å²) < 4.78 is 6.20. The van der Waals surface area contributed by atoms with E-state index in [0.717, 1.165) is 0 Å². The molecular weight excluding hydrogens is 224 g/mol. The fourth-order valence-electron chi connectivity index (χ4n) is 1.20. The molecule has 7 heteroatoms. The second kappa shape index (κ2) is 5.97. The van der Waals surface area contributed by atoms with E-state index >= 15 is 0 Å². The molecule has 7 nitrogen and oxygen atoms in total. The minimum atomic E-state index is -0.673. The van der Waals surface area contributed by atoms with Crippen molar-refractivity contribution in [3.8, 4) is 0 Å². The Morgan fingerprint density at radius 2 is 2.18 bits per heavy atom. The third kappa shape index (κ3) is 3.54. The van der Waals surface area contributed by atoms with E-state index in [1.807, 2.05) is 0 Å². The molecule has 94 valence electrons. The minimum absolute atomic E-state index is 0.289. The summed E-state index contributed by atoms with van der Waals surface area (Å²) in [5.74, 6) is -0.761. The molecule has 0 aliphatic carbocycles. The average molecular weight is 240 g/mol. The first-order chi connectivity index (χ1) is 8.06. The van der Waals surface area contributed by atoms with Crippen LogP contribution < -0.4 is 5.32 Å². The summed E-state index contributed by atoms with van der Waals surface area (Å²) in [5, 5.41) is 6.40. The Balaban J connectivity index is 2.52. The van der Waals surface area contributed by atoms with Crippen molar-refractivity contribution in [2.24, 2.45) is 0 Å². The van der Waals surface area contributed by atoms with Crippen LogP contribution in [0.1, 0.15) is 26.8 Å². The van der Waals surface area contributed by atoms with Crippen molar-refractivity contribution in [1.82, 2.24) is 20.1 Å². The predicted molar refractivity (Wildman–Crippen MR) is 59.0 cm³/mol. The number of hydrogen-bond donors (Lipinski definition) is 1. The van der Waals surface area contributed by atoms with Gasteiger partial charge in [0, 0.05) is 0 Å². The number of ether oxygens (including phenoxy) is 1. The van der Waals surface area contributed by atoms with Gasteiger partial charge in [0.05, 0.1) is 6.61 Å². The normalized spacial score (nSPS) is 13.8. The molecule has 1 amide bonds. The first-order valence-corrected chi connectivity index (χ1v) is 5.37. The lowest BCUT2D eigenvalue weighted by Crippen LogP contribution is -2.42. The summed E-state index contributed by atoms with van der Waals surface area (Å²) in [6, 6.07) is -1.19. The summed E-state index contributed by atoms with van der Waals surface area (Å²) in [6.45, 7) is 5.24. The number of nitrogens with one attached hydrogen (secondary N) is 1. The van der Waals surface area contributed by atoms with Gasteiger partial charge in [-0.05, 0) is 20.8 Å². The number of esters is 1. The van der Waals surface area contributed by atoms with Crippen LogP contribution in [-0.2, 0) is 14.3 Å². The molecule has 0 radical (unpaired) electrons. The van der Waals surface area contributed by atoms with Gasteiger partial charge in [-0.2, -0.15) is 5.10 Å². The van der Waals surface area contributed by atoms with Crippen LogP contribution in [0.15, 0.2) is 12.7 Å². The molecule has 2 unspecified atom stereocenters. The van der Waals surface area contributed by atoms with E-state index in [1.165, 1.54) is 17.3 Å². The molecule has 0 fully saturated rings. The molecule has 0 saturated carbocycles. The van der Waals surface area contributed by atoms with Crippen molar-refractivity contribution in [3.63, 3.8) is 0 Å². The van der Waals surface area contributed by atoms with Gasteiger partial charge in [-0.15, -0.1) is 0 Å². The van der Waals surface area contributed by atoms with Crippen LogP contribution in [0.4, 0.5) is 0 Å². The summed E-state index contributed by atoms with van der Waals surface area (Å²) in [4.78, 5) is 26.8. The van der Waals surface area contributed by atoms with Crippen molar-refractivity contribution >= 4 is 11.9 Å². The molecule has 17 heavy (non-hydrogen) atoms. The zero-order valence-corrected chi connectivity index (χ0v) is 10.1. The quantitative estimate of drug-likeness (QED) is 0.727. The summed E-state index contributed by atoms with van der Waals surface area (Å²) in [7, 11) is 0. The Hall–Kier alpha value is -1.92. The van der Waals surface area contributed by atoms with Crippen LogP contribution in [0.3, 0.4) is 0 Å². The van der Waals surface area contributed by atoms with E-state index in [4.69, 9.17) is 4.74 Å². The molecule has 0 aliphatic rings. The van der Waals surface area contributed by atoms with Crippen molar-refractivity contribution in [2.75, 3.05) is 6.61 Å². The summed E-state index contributed by atoms with van der Waals surface area (Å²) in [6.07, 6.45) is 2.79. The van der Waals surface area contributed by atoms with Crippen LogP contribution in [0.25, 0.3) is 0 Å². The predicted octanol–water partition coefficient (Wildman–Crippen LogP) is -0.0931. The molecule has 0 aliphatic heterocycles. The number of nitrogens with zero attached hydrogens (tertiary/aromatic N) is 3. The van der Waals surface area contributed by atoms with Crippen LogP contribution in [0.5, 0.6) is 0 Å². The molecule has 2 atom stereocenters. The van der Waals surface area contributed by atoms with Crippen molar-refractivity contribution in [2.45, 2.75) is 32.9 Å². The van der Waals surface area contributed by atoms with Gasteiger partial charge in [0.2, 0.25) is 5.91 Å². The SMILES string of the molecule is CCOC(=O)C(C)NC(=O)C(C)n1cncn1. The fourth-order valence-corrected chi connectivity index (χ4v) is 1.20. The molecule has 0 saturated heterocycles. The van der Waals surface area contributed by atoms with Crippen LogP contribution >= 0.6 is 0 Å². The molecule has 1 heterocycles. The summed E-state index contributed by atoms with van der Waals surface area (Å²) in [5.41, 5.74) is 0. The molecule has 1 N–H and O–H groups in total. The largest absolute Gasteiger partial charge is 0.464 e. The van der Waals surface area contributed by atoms with Crippen LogP contribution in [-0.4, -0.2) is 39.3 Å². The Bertz CT molecular complexity index is 377. The molecule has 1 aromatic heterocycles. The van der Waals surface area contributed by atoms with Gasteiger partial charge < -0.3 is 10.1 Å². The maximum atomic E-state index is 11.8. The van der Waals surface area contributed by atoms with E-state index in [2.05, 4.69) is 15.4 Å². The highest BCUT2D eigenvalue weighted by Gasteiger charge is 2.21. The highest BCUT2D eigenvalue weighted by molar-refractivity contribution is 5.86. The Morgan fingerprint density at radius 3 is 2.71 bits per heavy atom. The monoisotopic (exact) mass is 240 g/mol. The van der Waals surface area contributed by atoms with Crippen LogP contribution in [0, 0.1) is 0 Å². The number of aromatic nitrogens is 3. The van der Waals surface area contributed by atoms with Gasteiger partial charge in [-0.1, -0.05) is 0 Å². The zero-order valence-electron chi connectivity index (χ0n) is 10.1. The molecular formula is C10H16N4O3. The van der Waals surface area contributed by atoms with Crippen molar-refractivity contribution < 1.29 is 14.3 Å². The highest BCUT2D eigenvalue weighted by atomic mass is 16.5. The first kappa shape index (κ1) is 13.1. The molecule has 1 rings (SSSR count). The van der Waals surface area contributed by atoms with Gasteiger partial charge in [-0.3, -0.25) is 4.79 Å². The number of carbonyl (C=O) groups excluding carboxylic acids is 2. The van der Waals surface area contributed by atoms with Gasteiger partial charge in [0.1, 0.15) is 24.7 Å². The van der Waals surface area contributed by atoms with Gasteiger partial charge >= 0.3 is 5.97 Å². The van der Waals surface area contributed by atoms with Crippen LogP contribution in [0.2, 0.25) is 0 Å². The maximum Gasteiger partial charge on any atom is 0.328 e. The van der Waals surface area contributed by atoms with Gasteiger partial charge in [0.25, 0.3) is 0 Å². The topological polar surface area (TPSA) is 86.1 Å². The Kier molecular flexibility index (Phi) is 4.62. The molecule has 0 aromatic carbocycles. The van der Waals surface area contributed by atoms with E-state index in [9.17, 15) is 9.59 Å². The smallest absolute Gasteiger partial charge is 0.328 e. The third-order valence-electron chi connectivity index (χ3n) is 2.21. The number of amides is 1. The lowest BCUT2D eigenvalue weighted by atomic mass is 10.2. The minimum Gasteiger partial charge on any atom is -0.464 e. The standard InChI is InChI=1S/C10H16N4O3/c1-4-17-10(16)7(2)13-9(15)8(3)14-6-11-5-12-14/h5-8H,4H2,1-3H3,(H,13,15). The van der Waals surface area contributed by atoms with Crippen molar-refractivity contribution in [1.29, 1.82) is 0 Å². The van der Waals surface area contributed by atoms with E-state index in [1.54, 1.807) is 20.8 Å². The van der Waals surface area contributed by atoms with Gasteiger partial charge in [-0.25, -0.2) is 14.5 Å². The first-order valence-electron chi connectivity index (χ1n) is 5.37. The Labute approximate surface area is 99.2 Å². The molecule has 1 aromatic rings. The highest BCUT2D eigenvalue weighted by Crippen LogP contribution is 2.02. The second-order valence-electron chi connectivity index (χ2n) is 3.53. The van der Waals surface area contributed by atoms with E-state index < -0.39 is 18.1 Å². The lowest BCUT2D eigenvalue weighted by molar-refractivity contribution is -0.147. The van der Waals surface area contributed by atoms with Crippen molar-refractivity contribution in [3.05, 3.63) is 12.7 Å². The lowest BCUT2D eigenvalue weighted by Gasteiger charge is -2.16. The molecule has 0 spiro atoms. The number of carbonyl (C=O) groups is 2. The van der Waals surface area contributed by atoms with Gasteiger partial charge in [0.15, 0.2) is 0 Å². The van der Waals surface area contributed by atoms with E-state index in [0.29, 0.717) is 0 Å². The average Bonchev–Trinajstić information content (AvgIpc) is 2.81. The maximum absolute atomic E-state index is 11.8. The molecule has 0 bridgehead atoms. The second-order valence-corrected chi connectivity index (χ2v) is 3.53. The van der Waals surface area contributed by atoms with E-state index in [-0.39, 0.29) is 12.5 Å². The number of hydrogen-bond acceptors (Lipinski definition) is 5. The zero-order chi connectivity index (χ0) is 12.8. The third-order valence-corrected chi connectivity index (χ3v) is 2.21. The summed E-state index contributed by atoms with van der Waals surface area (Å²) >= 11 is 0. The number of rotatable bonds is 5. The fraction of sp³-hybridized carbons (Fsp3) is 0.600.